The van der Waals surface area contributed by atoms with Crippen LogP contribution in [0.15, 0.2) is 65.5 Å². The monoisotopic (exact) mass is 333 g/mol. The van der Waals surface area contributed by atoms with Crippen LogP contribution in [0.2, 0.25) is 0 Å². The van der Waals surface area contributed by atoms with Crippen molar-refractivity contribution in [2.75, 3.05) is 5.32 Å². The molecule has 0 radical (unpaired) electrons. The Bertz CT molecular complexity index is 948. The van der Waals surface area contributed by atoms with Gasteiger partial charge in [0.1, 0.15) is 11.4 Å². The minimum atomic E-state index is -0.309. The standard InChI is InChI=1S/C20H19N3O2/c1-3-23-20(25)19(21-16-12-8-5-9-13-16)17(14(2)24)18(22-23)15-10-6-4-7-11-15/h4-13,21H,3H2,1-2H3. The highest BCUT2D eigenvalue weighted by Gasteiger charge is 2.21. The average molecular weight is 333 g/mol. The molecule has 2 aromatic carbocycles. The second-order valence-corrected chi connectivity index (χ2v) is 5.63. The summed E-state index contributed by atoms with van der Waals surface area (Å²) in [6, 6.07) is 18.8. The number of aromatic nitrogens is 2. The fraction of sp³-hybridized carbons (Fsp3) is 0.150. The lowest BCUT2D eigenvalue weighted by molar-refractivity contribution is 0.101. The molecular formula is C20H19N3O2. The van der Waals surface area contributed by atoms with E-state index in [-0.39, 0.29) is 17.0 Å². The highest BCUT2D eigenvalue weighted by Crippen LogP contribution is 2.27. The third kappa shape index (κ3) is 3.35. The van der Waals surface area contributed by atoms with Crippen molar-refractivity contribution in [2.24, 2.45) is 0 Å². The van der Waals surface area contributed by atoms with Crippen LogP contribution in [0.5, 0.6) is 0 Å². The number of benzene rings is 2. The van der Waals surface area contributed by atoms with Crippen LogP contribution in [0.3, 0.4) is 0 Å². The van der Waals surface area contributed by atoms with Crippen molar-refractivity contribution in [2.45, 2.75) is 20.4 Å². The fourth-order valence-corrected chi connectivity index (χ4v) is 2.71. The third-order valence-corrected chi connectivity index (χ3v) is 3.90. The first kappa shape index (κ1) is 16.6. The van der Waals surface area contributed by atoms with E-state index in [1.54, 1.807) is 0 Å². The molecule has 0 aliphatic carbocycles. The van der Waals surface area contributed by atoms with E-state index >= 15 is 0 Å². The quantitative estimate of drug-likeness (QED) is 0.720. The lowest BCUT2D eigenvalue weighted by Crippen LogP contribution is -2.28. The fourth-order valence-electron chi connectivity index (χ4n) is 2.71. The molecule has 0 aliphatic heterocycles. The Morgan fingerprint density at radius 1 is 1.04 bits per heavy atom. The molecule has 0 saturated carbocycles. The highest BCUT2D eigenvalue weighted by atomic mass is 16.1. The molecule has 0 amide bonds. The Kier molecular flexibility index (Phi) is 4.75. The summed E-state index contributed by atoms with van der Waals surface area (Å²) in [5, 5.41) is 7.54. The molecule has 0 unspecified atom stereocenters. The minimum absolute atomic E-state index is 0.204. The van der Waals surface area contributed by atoms with Crippen molar-refractivity contribution in [3.8, 4) is 11.3 Å². The van der Waals surface area contributed by atoms with Gasteiger partial charge in [0.25, 0.3) is 5.56 Å². The van der Waals surface area contributed by atoms with E-state index in [9.17, 15) is 9.59 Å². The molecule has 3 aromatic rings. The molecule has 5 heteroatoms. The molecule has 0 saturated heterocycles. The molecule has 1 heterocycles. The number of rotatable bonds is 5. The van der Waals surface area contributed by atoms with Gasteiger partial charge in [-0.2, -0.15) is 5.10 Å². The lowest BCUT2D eigenvalue weighted by Gasteiger charge is -2.16. The van der Waals surface area contributed by atoms with Crippen LogP contribution in [0.25, 0.3) is 11.3 Å². The summed E-state index contributed by atoms with van der Waals surface area (Å²) in [6.45, 7) is 3.72. The molecule has 0 atom stereocenters. The molecule has 3 rings (SSSR count). The summed E-state index contributed by atoms with van der Waals surface area (Å²) < 4.78 is 1.38. The number of nitrogens with one attached hydrogen (secondary N) is 1. The molecule has 25 heavy (non-hydrogen) atoms. The van der Waals surface area contributed by atoms with Gasteiger partial charge in [-0.15, -0.1) is 0 Å². The van der Waals surface area contributed by atoms with E-state index in [0.29, 0.717) is 17.8 Å². The smallest absolute Gasteiger partial charge is 0.291 e. The van der Waals surface area contributed by atoms with Gasteiger partial charge < -0.3 is 5.32 Å². The molecule has 1 N–H and O–H groups in total. The Morgan fingerprint density at radius 2 is 1.64 bits per heavy atom. The van der Waals surface area contributed by atoms with Gasteiger partial charge in [-0.1, -0.05) is 48.5 Å². The number of hydrogen-bond donors (Lipinski definition) is 1. The van der Waals surface area contributed by atoms with Crippen molar-refractivity contribution < 1.29 is 4.79 Å². The summed E-state index contributed by atoms with van der Waals surface area (Å²) in [5.74, 6) is -0.204. The largest absolute Gasteiger partial charge is 0.350 e. The van der Waals surface area contributed by atoms with Crippen LogP contribution in [0.4, 0.5) is 11.4 Å². The van der Waals surface area contributed by atoms with Gasteiger partial charge in [0.05, 0.1) is 5.56 Å². The van der Waals surface area contributed by atoms with Crippen molar-refractivity contribution in [3.63, 3.8) is 0 Å². The number of carbonyl (C=O) groups excluding carboxylic acids is 1. The van der Waals surface area contributed by atoms with Gasteiger partial charge >= 0.3 is 0 Å². The van der Waals surface area contributed by atoms with Crippen molar-refractivity contribution >= 4 is 17.2 Å². The summed E-state index contributed by atoms with van der Waals surface area (Å²) in [7, 11) is 0. The number of carbonyl (C=O) groups is 1. The third-order valence-electron chi connectivity index (χ3n) is 3.90. The van der Waals surface area contributed by atoms with E-state index in [0.717, 1.165) is 11.3 Å². The van der Waals surface area contributed by atoms with Gasteiger partial charge in [0.2, 0.25) is 0 Å². The molecule has 0 bridgehead atoms. The predicted molar refractivity (Wildman–Crippen MR) is 99.3 cm³/mol. The number of para-hydroxylation sites is 1. The molecule has 5 nitrogen and oxygen atoms in total. The van der Waals surface area contributed by atoms with Crippen LogP contribution in [0, 0.1) is 0 Å². The Balaban J connectivity index is 2.28. The Morgan fingerprint density at radius 3 is 2.20 bits per heavy atom. The van der Waals surface area contributed by atoms with Gasteiger partial charge in [0.15, 0.2) is 5.78 Å². The number of hydrogen-bond acceptors (Lipinski definition) is 4. The van der Waals surface area contributed by atoms with Gasteiger partial charge in [-0.3, -0.25) is 9.59 Å². The highest BCUT2D eigenvalue weighted by molar-refractivity contribution is 6.05. The maximum absolute atomic E-state index is 12.8. The average Bonchev–Trinajstić information content (AvgIpc) is 2.64. The van der Waals surface area contributed by atoms with Gasteiger partial charge in [-0.25, -0.2) is 4.68 Å². The molecule has 0 fully saturated rings. The first-order valence-electron chi connectivity index (χ1n) is 8.15. The second-order valence-electron chi connectivity index (χ2n) is 5.63. The molecule has 0 aliphatic rings. The van der Waals surface area contributed by atoms with Crippen molar-refractivity contribution in [1.82, 2.24) is 9.78 Å². The molecule has 0 spiro atoms. The van der Waals surface area contributed by atoms with Crippen molar-refractivity contribution in [3.05, 3.63) is 76.6 Å². The number of Topliss-reactive ketones (excluding diaryl/α,β-unsaturated/α-hetero) is 1. The van der Waals surface area contributed by atoms with E-state index < -0.39 is 0 Å². The van der Waals surface area contributed by atoms with Crippen LogP contribution >= 0.6 is 0 Å². The van der Waals surface area contributed by atoms with E-state index in [1.165, 1.54) is 11.6 Å². The minimum Gasteiger partial charge on any atom is -0.350 e. The molecule has 1 aromatic heterocycles. The summed E-state index contributed by atoms with van der Waals surface area (Å²) in [5.41, 5.74) is 2.31. The van der Waals surface area contributed by atoms with E-state index in [1.807, 2.05) is 67.6 Å². The number of aryl methyl sites for hydroxylation is 1. The first-order valence-corrected chi connectivity index (χ1v) is 8.15. The lowest BCUT2D eigenvalue weighted by atomic mass is 10.0. The van der Waals surface area contributed by atoms with Crippen LogP contribution in [-0.2, 0) is 6.54 Å². The maximum atomic E-state index is 12.8. The van der Waals surface area contributed by atoms with E-state index in [2.05, 4.69) is 10.4 Å². The maximum Gasteiger partial charge on any atom is 0.291 e. The van der Waals surface area contributed by atoms with Crippen LogP contribution in [0.1, 0.15) is 24.2 Å². The van der Waals surface area contributed by atoms with E-state index in [4.69, 9.17) is 0 Å². The molecular weight excluding hydrogens is 314 g/mol. The first-order chi connectivity index (χ1) is 12.1. The zero-order valence-electron chi connectivity index (χ0n) is 14.2. The zero-order valence-corrected chi connectivity index (χ0v) is 14.2. The number of anilines is 2. The van der Waals surface area contributed by atoms with Crippen LogP contribution in [-0.4, -0.2) is 15.6 Å². The normalized spacial score (nSPS) is 10.5. The summed E-state index contributed by atoms with van der Waals surface area (Å²) in [4.78, 5) is 25.2. The van der Waals surface area contributed by atoms with Gasteiger partial charge in [0, 0.05) is 17.8 Å². The predicted octanol–water partition coefficient (Wildman–Crippen LogP) is 3.88. The van der Waals surface area contributed by atoms with Crippen LogP contribution < -0.4 is 10.9 Å². The zero-order chi connectivity index (χ0) is 17.8. The Labute approximate surface area is 145 Å². The second kappa shape index (κ2) is 7.13. The topological polar surface area (TPSA) is 64.0 Å². The number of ketones is 1. The Hall–Kier alpha value is -3.21. The van der Waals surface area contributed by atoms with Crippen molar-refractivity contribution in [1.29, 1.82) is 0 Å². The summed E-state index contributed by atoms with van der Waals surface area (Å²) in [6.07, 6.45) is 0. The summed E-state index contributed by atoms with van der Waals surface area (Å²) >= 11 is 0. The number of nitrogens with zero attached hydrogens (tertiary/aromatic N) is 2. The molecule has 126 valence electrons. The van der Waals surface area contributed by atoms with Gasteiger partial charge in [-0.05, 0) is 26.0 Å². The SMILES string of the molecule is CCn1nc(-c2ccccc2)c(C(C)=O)c(Nc2ccccc2)c1=O.